The van der Waals surface area contributed by atoms with Crippen LogP contribution in [0.25, 0.3) is 22.5 Å². The van der Waals surface area contributed by atoms with Crippen LogP contribution >= 0.6 is 23.4 Å². The third-order valence-electron chi connectivity index (χ3n) is 4.30. The van der Waals surface area contributed by atoms with Crippen LogP contribution < -0.4 is 5.32 Å². The Hall–Kier alpha value is -3.29. The normalized spacial score (nSPS) is 10.6. The summed E-state index contributed by atoms with van der Waals surface area (Å²) in [4.78, 5) is 16.9. The van der Waals surface area contributed by atoms with Crippen molar-refractivity contribution in [3.05, 3.63) is 89.7 Å². The molecule has 0 atom stereocenters. The molecule has 8 heteroatoms. The Bertz CT molecular complexity index is 1210. The largest absolute Gasteiger partial charge is 0.323 e. The second-order valence-electron chi connectivity index (χ2n) is 6.48. The summed E-state index contributed by atoms with van der Waals surface area (Å²) in [6.07, 6.45) is 0. The Morgan fingerprint density at radius 1 is 0.903 bits per heavy atom. The van der Waals surface area contributed by atoms with Crippen LogP contribution in [0.2, 0.25) is 5.02 Å². The van der Waals surface area contributed by atoms with Gasteiger partial charge in [-0.3, -0.25) is 4.79 Å². The molecule has 4 rings (SSSR count). The third-order valence-corrected chi connectivity index (χ3v) is 5.37. The van der Waals surface area contributed by atoms with Crippen molar-refractivity contribution in [3.8, 4) is 22.5 Å². The van der Waals surface area contributed by atoms with E-state index >= 15 is 0 Å². The number of anilines is 1. The van der Waals surface area contributed by atoms with Gasteiger partial charge in [-0.1, -0.05) is 84.0 Å². The van der Waals surface area contributed by atoms with Gasteiger partial charge in [0.05, 0.1) is 11.4 Å². The highest BCUT2D eigenvalue weighted by atomic mass is 35.5. The van der Waals surface area contributed by atoms with Crippen LogP contribution in [0.1, 0.15) is 0 Å². The van der Waals surface area contributed by atoms with E-state index in [0.717, 1.165) is 22.9 Å². The Kier molecular flexibility index (Phi) is 6.54. The lowest BCUT2D eigenvalue weighted by Crippen LogP contribution is -2.15. The molecular formula is C23H16ClFN4OS. The first-order valence-corrected chi connectivity index (χ1v) is 10.7. The first-order valence-electron chi connectivity index (χ1n) is 9.33. The number of carbonyl (C=O) groups is 1. The Morgan fingerprint density at radius 3 is 2.23 bits per heavy atom. The molecule has 0 aliphatic heterocycles. The number of nitrogens with zero attached hydrogens (tertiary/aromatic N) is 3. The Morgan fingerprint density at radius 2 is 1.55 bits per heavy atom. The van der Waals surface area contributed by atoms with Crippen molar-refractivity contribution >= 4 is 35.0 Å². The maximum Gasteiger partial charge on any atom is 0.234 e. The number of rotatable bonds is 6. The first kappa shape index (κ1) is 21.0. The number of hydrogen-bond donors (Lipinski definition) is 1. The van der Waals surface area contributed by atoms with E-state index in [-0.39, 0.29) is 11.4 Å². The minimum absolute atomic E-state index is 0.00739. The van der Waals surface area contributed by atoms with E-state index in [1.165, 1.54) is 18.2 Å². The predicted octanol–water partition coefficient (Wildman–Crippen LogP) is 5.73. The molecule has 0 unspecified atom stereocenters. The van der Waals surface area contributed by atoms with Crippen molar-refractivity contribution in [2.75, 3.05) is 11.1 Å². The summed E-state index contributed by atoms with van der Waals surface area (Å²) in [6, 6.07) is 23.3. The highest BCUT2D eigenvalue weighted by molar-refractivity contribution is 7.99. The fourth-order valence-electron chi connectivity index (χ4n) is 2.87. The van der Waals surface area contributed by atoms with Gasteiger partial charge in [0.1, 0.15) is 17.2 Å². The number of thioether (sulfide) groups is 1. The first-order chi connectivity index (χ1) is 15.1. The lowest BCUT2D eigenvalue weighted by Gasteiger charge is -2.10. The van der Waals surface area contributed by atoms with Gasteiger partial charge in [-0.05, 0) is 18.2 Å². The van der Waals surface area contributed by atoms with E-state index in [2.05, 4.69) is 20.5 Å². The van der Waals surface area contributed by atoms with Gasteiger partial charge in [-0.25, -0.2) is 9.37 Å². The molecule has 0 aliphatic rings. The molecule has 1 amide bonds. The molecule has 5 nitrogen and oxygen atoms in total. The van der Waals surface area contributed by atoms with Crippen molar-refractivity contribution in [1.29, 1.82) is 0 Å². The van der Waals surface area contributed by atoms with E-state index in [9.17, 15) is 9.18 Å². The number of hydrogen-bond acceptors (Lipinski definition) is 5. The Labute approximate surface area is 187 Å². The van der Waals surface area contributed by atoms with Gasteiger partial charge in [0, 0.05) is 16.1 Å². The van der Waals surface area contributed by atoms with Crippen LogP contribution in [-0.4, -0.2) is 26.8 Å². The van der Waals surface area contributed by atoms with Crippen molar-refractivity contribution in [2.45, 2.75) is 5.16 Å². The second kappa shape index (κ2) is 9.68. The van der Waals surface area contributed by atoms with E-state index in [1.54, 1.807) is 0 Å². The molecule has 0 radical (unpaired) electrons. The molecule has 1 N–H and O–H groups in total. The Balaban J connectivity index is 1.55. The van der Waals surface area contributed by atoms with Crippen molar-refractivity contribution < 1.29 is 9.18 Å². The monoisotopic (exact) mass is 450 g/mol. The van der Waals surface area contributed by atoms with Crippen LogP contribution in [0, 0.1) is 5.82 Å². The zero-order valence-electron chi connectivity index (χ0n) is 16.1. The van der Waals surface area contributed by atoms with Crippen molar-refractivity contribution in [2.24, 2.45) is 0 Å². The summed E-state index contributed by atoms with van der Waals surface area (Å²) in [6.45, 7) is 0. The fourth-order valence-corrected chi connectivity index (χ4v) is 3.63. The lowest BCUT2D eigenvalue weighted by molar-refractivity contribution is -0.113. The van der Waals surface area contributed by atoms with E-state index in [0.29, 0.717) is 21.6 Å². The van der Waals surface area contributed by atoms with Gasteiger partial charge in [-0.15, -0.1) is 10.2 Å². The molecule has 1 heterocycles. The fraction of sp³-hybridized carbons (Fsp3) is 0.0435. The average Bonchev–Trinajstić information content (AvgIpc) is 2.81. The summed E-state index contributed by atoms with van der Waals surface area (Å²) in [7, 11) is 0. The second-order valence-corrected chi connectivity index (χ2v) is 7.86. The number of carbonyl (C=O) groups excluding carboxylic acids is 1. The molecule has 0 aliphatic carbocycles. The van der Waals surface area contributed by atoms with Gasteiger partial charge < -0.3 is 5.32 Å². The maximum absolute atomic E-state index is 13.8. The highest BCUT2D eigenvalue weighted by Gasteiger charge is 2.15. The molecule has 0 bridgehead atoms. The van der Waals surface area contributed by atoms with Crippen molar-refractivity contribution in [3.63, 3.8) is 0 Å². The number of nitrogens with one attached hydrogen (secondary N) is 1. The third kappa shape index (κ3) is 5.25. The molecule has 4 aromatic rings. The van der Waals surface area contributed by atoms with Gasteiger partial charge >= 0.3 is 0 Å². The number of aromatic nitrogens is 3. The van der Waals surface area contributed by atoms with Gasteiger partial charge in [0.15, 0.2) is 0 Å². The van der Waals surface area contributed by atoms with Crippen molar-refractivity contribution in [1.82, 2.24) is 15.2 Å². The van der Waals surface area contributed by atoms with E-state index in [1.807, 2.05) is 60.7 Å². The van der Waals surface area contributed by atoms with Gasteiger partial charge in [0.25, 0.3) is 0 Å². The molecule has 0 saturated heterocycles. The molecule has 31 heavy (non-hydrogen) atoms. The quantitative estimate of drug-likeness (QED) is 0.380. The molecule has 3 aromatic carbocycles. The van der Waals surface area contributed by atoms with E-state index in [4.69, 9.17) is 11.6 Å². The topological polar surface area (TPSA) is 67.8 Å². The molecular weight excluding hydrogens is 435 g/mol. The standard InChI is InChI=1S/C23H16ClFN4OS/c24-17-11-12-18(25)19(13-17)26-20(30)14-31-23-27-21(15-7-3-1-4-8-15)22(28-29-23)16-9-5-2-6-10-16/h1-13H,14H2,(H,26,30). The van der Waals surface area contributed by atoms with Gasteiger partial charge in [-0.2, -0.15) is 0 Å². The highest BCUT2D eigenvalue weighted by Crippen LogP contribution is 2.29. The molecule has 0 fully saturated rings. The smallest absolute Gasteiger partial charge is 0.234 e. The van der Waals surface area contributed by atoms with Crippen LogP contribution in [0.5, 0.6) is 0 Å². The number of benzene rings is 3. The molecule has 0 spiro atoms. The summed E-state index contributed by atoms with van der Waals surface area (Å²) in [5.74, 6) is -0.963. The SMILES string of the molecule is O=C(CSc1nnc(-c2ccccc2)c(-c2ccccc2)n1)Nc1cc(Cl)ccc1F. The van der Waals surface area contributed by atoms with E-state index < -0.39 is 11.7 Å². The summed E-state index contributed by atoms with van der Waals surface area (Å²) < 4.78 is 13.8. The van der Waals surface area contributed by atoms with Crippen LogP contribution in [0.15, 0.2) is 84.0 Å². The number of halogens is 2. The molecule has 154 valence electrons. The zero-order chi connectivity index (χ0) is 21.6. The average molecular weight is 451 g/mol. The van der Waals surface area contributed by atoms with Gasteiger partial charge in [0.2, 0.25) is 11.1 Å². The number of amides is 1. The van der Waals surface area contributed by atoms with Crippen LogP contribution in [0.3, 0.4) is 0 Å². The minimum Gasteiger partial charge on any atom is -0.323 e. The minimum atomic E-state index is -0.556. The van der Waals surface area contributed by atoms with Crippen LogP contribution in [-0.2, 0) is 4.79 Å². The molecule has 0 saturated carbocycles. The van der Waals surface area contributed by atoms with Crippen LogP contribution in [0.4, 0.5) is 10.1 Å². The summed E-state index contributed by atoms with van der Waals surface area (Å²) in [5, 5.41) is 11.7. The molecule has 1 aromatic heterocycles. The predicted molar refractivity (Wildman–Crippen MR) is 121 cm³/mol. The maximum atomic E-state index is 13.8. The summed E-state index contributed by atoms with van der Waals surface area (Å²) in [5.41, 5.74) is 3.14. The zero-order valence-corrected chi connectivity index (χ0v) is 17.7. The summed E-state index contributed by atoms with van der Waals surface area (Å²) >= 11 is 6.98. The lowest BCUT2D eigenvalue weighted by atomic mass is 10.0.